The number of nitrogens with two attached hydrogens (primary N) is 1. The van der Waals surface area contributed by atoms with E-state index in [-0.39, 0.29) is 0 Å². The van der Waals surface area contributed by atoms with Gasteiger partial charge in [-0.25, -0.2) is 0 Å². The molecule has 1 rings (SSSR count). The topological polar surface area (TPSA) is 38.4 Å². The van der Waals surface area contributed by atoms with Crippen LogP contribution in [0.25, 0.3) is 0 Å². The van der Waals surface area contributed by atoms with Gasteiger partial charge in [0.2, 0.25) is 0 Å². The van der Waals surface area contributed by atoms with Gasteiger partial charge in [0.05, 0.1) is 11.9 Å². The Kier molecular flexibility index (Phi) is 3.34. The first-order valence-electron chi connectivity index (χ1n) is 5.35. The fourth-order valence-electron chi connectivity index (χ4n) is 1.86. The van der Waals surface area contributed by atoms with E-state index in [1.54, 1.807) is 0 Å². The third kappa shape index (κ3) is 2.45. The Balaban J connectivity index is 2.59. The molecule has 1 aliphatic rings. The number of rotatable bonds is 2. The van der Waals surface area contributed by atoms with E-state index in [1.807, 2.05) is 0 Å². The number of hydrogen-bond donors (Lipinski definition) is 1. The summed E-state index contributed by atoms with van der Waals surface area (Å²) in [4.78, 5) is 4.60. The van der Waals surface area contributed by atoms with Gasteiger partial charge >= 0.3 is 0 Å². The maximum Gasteiger partial charge on any atom is 0.0966 e. The van der Waals surface area contributed by atoms with E-state index in [0.717, 1.165) is 11.8 Å². The Morgan fingerprint density at radius 3 is 2.31 bits per heavy atom. The molecule has 1 fully saturated rings. The number of aliphatic imine (C=N–C) groups is 1. The number of amidine groups is 1. The van der Waals surface area contributed by atoms with Gasteiger partial charge in [0, 0.05) is 5.92 Å². The van der Waals surface area contributed by atoms with Crippen LogP contribution in [0.2, 0.25) is 0 Å². The van der Waals surface area contributed by atoms with Gasteiger partial charge in [0.25, 0.3) is 0 Å². The molecule has 0 saturated heterocycles. The second-order valence-corrected chi connectivity index (χ2v) is 4.69. The highest BCUT2D eigenvalue weighted by Crippen LogP contribution is 2.33. The van der Waals surface area contributed by atoms with Crippen LogP contribution in [0.3, 0.4) is 0 Å². The minimum atomic E-state index is 0.392. The Hall–Kier alpha value is -0.530. The zero-order valence-corrected chi connectivity index (χ0v) is 9.25. The van der Waals surface area contributed by atoms with Gasteiger partial charge in [0.15, 0.2) is 0 Å². The molecule has 0 aromatic rings. The third-order valence-electron chi connectivity index (χ3n) is 3.33. The first-order valence-corrected chi connectivity index (χ1v) is 5.35. The number of nitrogens with zero attached hydrogens (tertiary/aromatic N) is 1. The molecule has 2 nitrogen and oxygen atoms in total. The highest BCUT2D eigenvalue weighted by molar-refractivity contribution is 5.82. The zero-order valence-electron chi connectivity index (χ0n) is 9.25. The van der Waals surface area contributed by atoms with Crippen LogP contribution in [0.15, 0.2) is 4.99 Å². The first-order chi connectivity index (χ1) is 6.02. The Morgan fingerprint density at radius 2 is 1.92 bits per heavy atom. The largest absolute Gasteiger partial charge is 0.387 e. The van der Waals surface area contributed by atoms with Crippen LogP contribution in [0.1, 0.15) is 40.5 Å². The van der Waals surface area contributed by atoms with E-state index in [4.69, 9.17) is 5.73 Å². The lowest BCUT2D eigenvalue weighted by Gasteiger charge is -2.15. The van der Waals surface area contributed by atoms with Crippen LogP contribution in [-0.2, 0) is 0 Å². The molecule has 0 spiro atoms. The fourth-order valence-corrected chi connectivity index (χ4v) is 1.86. The second-order valence-electron chi connectivity index (χ2n) is 4.69. The monoisotopic (exact) mass is 182 g/mol. The molecule has 3 unspecified atom stereocenters. The lowest BCUT2D eigenvalue weighted by molar-refractivity contribution is 0.422. The van der Waals surface area contributed by atoms with Crippen molar-refractivity contribution in [2.45, 2.75) is 46.6 Å². The molecular weight excluding hydrogens is 160 g/mol. The molecular formula is C11H22N2. The minimum absolute atomic E-state index is 0.392. The Bertz CT molecular complexity index is 196. The summed E-state index contributed by atoms with van der Waals surface area (Å²) in [5.74, 6) is 2.74. The van der Waals surface area contributed by atoms with Gasteiger partial charge in [-0.3, -0.25) is 4.99 Å². The predicted octanol–water partition coefficient (Wildman–Crippen LogP) is 2.43. The third-order valence-corrected chi connectivity index (χ3v) is 3.33. The molecule has 0 aliphatic heterocycles. The van der Waals surface area contributed by atoms with Gasteiger partial charge < -0.3 is 5.73 Å². The standard InChI is InChI=1S/C11H22N2/c1-7(2)11(12)13-10-6-5-8(3)9(10)4/h7-10H,5-6H2,1-4H3,(H2,12,13). The quantitative estimate of drug-likeness (QED) is 0.517. The van der Waals surface area contributed by atoms with Crippen LogP contribution in [-0.4, -0.2) is 11.9 Å². The molecule has 2 N–H and O–H groups in total. The molecule has 0 aromatic heterocycles. The van der Waals surface area contributed by atoms with Gasteiger partial charge in [-0.05, 0) is 24.7 Å². The van der Waals surface area contributed by atoms with Gasteiger partial charge in [-0.15, -0.1) is 0 Å². The fraction of sp³-hybridized carbons (Fsp3) is 0.909. The van der Waals surface area contributed by atoms with Crippen molar-refractivity contribution in [3.8, 4) is 0 Å². The van der Waals surface area contributed by atoms with Crippen molar-refractivity contribution in [2.75, 3.05) is 0 Å². The molecule has 0 aromatic carbocycles. The lowest BCUT2D eigenvalue weighted by atomic mass is 9.98. The van der Waals surface area contributed by atoms with Crippen LogP contribution in [0, 0.1) is 17.8 Å². The van der Waals surface area contributed by atoms with Crippen molar-refractivity contribution >= 4 is 5.84 Å². The molecule has 1 saturated carbocycles. The minimum Gasteiger partial charge on any atom is -0.387 e. The van der Waals surface area contributed by atoms with Crippen LogP contribution >= 0.6 is 0 Å². The summed E-state index contributed by atoms with van der Waals surface area (Å²) in [6.07, 6.45) is 2.52. The zero-order chi connectivity index (χ0) is 10.0. The van der Waals surface area contributed by atoms with Crippen molar-refractivity contribution in [1.82, 2.24) is 0 Å². The first kappa shape index (κ1) is 10.6. The van der Waals surface area contributed by atoms with E-state index >= 15 is 0 Å². The SMILES string of the molecule is CC(C)C(N)=NC1CCC(C)C1C. The summed E-state index contributed by atoms with van der Waals surface area (Å²) < 4.78 is 0. The lowest BCUT2D eigenvalue weighted by Crippen LogP contribution is -2.23. The van der Waals surface area contributed by atoms with E-state index in [9.17, 15) is 0 Å². The molecule has 0 amide bonds. The maximum absolute atomic E-state index is 5.85. The average molecular weight is 182 g/mol. The number of hydrogen-bond acceptors (Lipinski definition) is 1. The van der Waals surface area contributed by atoms with E-state index in [2.05, 4.69) is 32.7 Å². The molecule has 76 valence electrons. The summed E-state index contributed by atoms with van der Waals surface area (Å²) in [5, 5.41) is 0. The molecule has 13 heavy (non-hydrogen) atoms. The Labute approximate surface area is 81.6 Å². The summed E-state index contributed by atoms with van der Waals surface area (Å²) >= 11 is 0. The Morgan fingerprint density at radius 1 is 1.31 bits per heavy atom. The summed E-state index contributed by atoms with van der Waals surface area (Å²) in [6, 6.07) is 0.484. The highest BCUT2D eigenvalue weighted by atomic mass is 14.9. The van der Waals surface area contributed by atoms with Crippen molar-refractivity contribution in [1.29, 1.82) is 0 Å². The summed E-state index contributed by atoms with van der Waals surface area (Å²) in [7, 11) is 0. The molecule has 1 aliphatic carbocycles. The van der Waals surface area contributed by atoms with E-state index in [1.165, 1.54) is 12.8 Å². The van der Waals surface area contributed by atoms with Gasteiger partial charge in [-0.1, -0.05) is 27.7 Å². The molecule has 3 atom stereocenters. The highest BCUT2D eigenvalue weighted by Gasteiger charge is 2.29. The van der Waals surface area contributed by atoms with Crippen LogP contribution < -0.4 is 5.73 Å². The van der Waals surface area contributed by atoms with Crippen molar-refractivity contribution in [3.63, 3.8) is 0 Å². The molecule has 0 bridgehead atoms. The van der Waals surface area contributed by atoms with Gasteiger partial charge in [-0.2, -0.15) is 0 Å². The van der Waals surface area contributed by atoms with Crippen molar-refractivity contribution in [2.24, 2.45) is 28.5 Å². The van der Waals surface area contributed by atoms with Crippen molar-refractivity contribution in [3.05, 3.63) is 0 Å². The molecule has 0 heterocycles. The van der Waals surface area contributed by atoms with Crippen LogP contribution in [0.4, 0.5) is 0 Å². The van der Waals surface area contributed by atoms with E-state index < -0.39 is 0 Å². The molecule has 0 radical (unpaired) electrons. The van der Waals surface area contributed by atoms with Crippen LogP contribution in [0.5, 0.6) is 0 Å². The predicted molar refractivity (Wildman–Crippen MR) is 57.8 cm³/mol. The van der Waals surface area contributed by atoms with Gasteiger partial charge in [0.1, 0.15) is 0 Å². The maximum atomic E-state index is 5.85. The smallest absolute Gasteiger partial charge is 0.0966 e. The van der Waals surface area contributed by atoms with E-state index in [0.29, 0.717) is 17.9 Å². The summed E-state index contributed by atoms with van der Waals surface area (Å²) in [6.45, 7) is 8.80. The summed E-state index contributed by atoms with van der Waals surface area (Å²) in [5.41, 5.74) is 5.85. The molecule has 2 heteroatoms. The van der Waals surface area contributed by atoms with Crippen molar-refractivity contribution < 1.29 is 0 Å². The average Bonchev–Trinajstić information content (AvgIpc) is 2.36. The normalized spacial score (nSPS) is 35.8. The second kappa shape index (κ2) is 4.12.